The third kappa shape index (κ3) is 3.41. The van der Waals surface area contributed by atoms with Crippen LogP contribution in [0.15, 0.2) is 29.6 Å². The van der Waals surface area contributed by atoms with Crippen molar-refractivity contribution in [2.45, 2.75) is 13.5 Å². The van der Waals surface area contributed by atoms with Gasteiger partial charge < -0.3 is 10.1 Å². The molecule has 0 aromatic carbocycles. The summed E-state index contributed by atoms with van der Waals surface area (Å²) in [6, 6.07) is 6.78. The molecule has 0 spiro atoms. The number of nitrogens with one attached hydrogen (secondary N) is 1. The van der Waals surface area contributed by atoms with Crippen LogP contribution in [0.5, 0.6) is 5.88 Å². The summed E-state index contributed by atoms with van der Waals surface area (Å²) in [5.41, 5.74) is -0.127. The van der Waals surface area contributed by atoms with Crippen molar-refractivity contribution in [1.82, 2.24) is 4.98 Å². The second-order valence-corrected chi connectivity index (χ2v) is 4.71. The predicted octanol–water partition coefficient (Wildman–Crippen LogP) is 3.06. The normalized spacial score (nSPS) is 10.2. The van der Waals surface area contributed by atoms with Crippen LogP contribution in [-0.4, -0.2) is 16.5 Å². The number of anilines is 1. The summed E-state index contributed by atoms with van der Waals surface area (Å²) in [6.07, 6.45) is 0. The molecule has 2 aromatic rings. The van der Waals surface area contributed by atoms with Crippen LogP contribution in [0.2, 0.25) is 0 Å². The summed E-state index contributed by atoms with van der Waals surface area (Å²) in [7, 11) is 0. The number of rotatable bonds is 6. The predicted molar refractivity (Wildman–Crippen MR) is 73.7 cm³/mol. The van der Waals surface area contributed by atoms with Crippen molar-refractivity contribution in [2.75, 3.05) is 11.9 Å². The molecule has 2 aromatic heterocycles. The molecule has 6 nitrogen and oxygen atoms in total. The van der Waals surface area contributed by atoms with E-state index in [1.165, 1.54) is 17.4 Å². The Morgan fingerprint density at radius 2 is 2.32 bits per heavy atom. The highest BCUT2D eigenvalue weighted by atomic mass is 32.1. The molecule has 0 unspecified atom stereocenters. The maximum atomic E-state index is 10.9. The quantitative estimate of drug-likeness (QED) is 0.649. The lowest BCUT2D eigenvalue weighted by atomic mass is 10.4. The Morgan fingerprint density at radius 3 is 2.95 bits per heavy atom. The van der Waals surface area contributed by atoms with E-state index in [9.17, 15) is 10.1 Å². The maximum Gasteiger partial charge on any atom is 0.331 e. The molecule has 0 amide bonds. The highest BCUT2D eigenvalue weighted by molar-refractivity contribution is 7.09. The number of hydrogen-bond donors (Lipinski definition) is 1. The van der Waals surface area contributed by atoms with E-state index in [1.54, 1.807) is 6.07 Å². The molecule has 0 aliphatic carbocycles. The first-order valence-corrected chi connectivity index (χ1v) is 6.63. The van der Waals surface area contributed by atoms with Crippen molar-refractivity contribution >= 4 is 22.8 Å². The molecule has 0 radical (unpaired) electrons. The summed E-state index contributed by atoms with van der Waals surface area (Å²) in [5.74, 6) is 0.603. The van der Waals surface area contributed by atoms with Gasteiger partial charge in [0.15, 0.2) is 0 Å². The number of nitro groups is 1. The van der Waals surface area contributed by atoms with Gasteiger partial charge in [0.2, 0.25) is 0 Å². The maximum absolute atomic E-state index is 10.9. The third-order valence-corrected chi connectivity index (χ3v) is 3.18. The lowest BCUT2D eigenvalue weighted by Gasteiger charge is -2.07. The van der Waals surface area contributed by atoms with Crippen LogP contribution in [-0.2, 0) is 6.61 Å². The average Bonchev–Trinajstić information content (AvgIpc) is 2.89. The zero-order chi connectivity index (χ0) is 13.7. The van der Waals surface area contributed by atoms with E-state index in [0.717, 1.165) is 4.88 Å². The molecular weight excluding hydrogens is 266 g/mol. The Balaban J connectivity index is 2.19. The fourth-order valence-corrected chi connectivity index (χ4v) is 2.11. The molecule has 1 N–H and O–H groups in total. The highest BCUT2D eigenvalue weighted by Crippen LogP contribution is 2.27. The smallest absolute Gasteiger partial charge is 0.331 e. The van der Waals surface area contributed by atoms with Gasteiger partial charge in [0.1, 0.15) is 12.4 Å². The van der Waals surface area contributed by atoms with Gasteiger partial charge in [-0.15, -0.1) is 11.3 Å². The molecule has 2 heterocycles. The van der Waals surface area contributed by atoms with Crippen LogP contribution in [0.25, 0.3) is 0 Å². The number of hydrogen-bond acceptors (Lipinski definition) is 6. The fourth-order valence-electron chi connectivity index (χ4n) is 1.49. The second-order valence-electron chi connectivity index (χ2n) is 3.68. The highest BCUT2D eigenvalue weighted by Gasteiger charge is 2.17. The van der Waals surface area contributed by atoms with Crippen molar-refractivity contribution < 1.29 is 9.66 Å². The van der Waals surface area contributed by atoms with E-state index in [1.807, 2.05) is 24.4 Å². The van der Waals surface area contributed by atoms with Gasteiger partial charge in [-0.1, -0.05) is 6.07 Å². The number of nitrogens with zero attached hydrogens (tertiary/aromatic N) is 2. The lowest BCUT2D eigenvalue weighted by molar-refractivity contribution is -0.386. The Kier molecular flexibility index (Phi) is 4.30. The van der Waals surface area contributed by atoms with Crippen LogP contribution in [0.4, 0.5) is 11.5 Å². The number of thiophene rings is 1. The molecule has 0 saturated heterocycles. The van der Waals surface area contributed by atoms with Crippen molar-refractivity contribution in [3.63, 3.8) is 0 Å². The van der Waals surface area contributed by atoms with Gasteiger partial charge in [0, 0.05) is 17.5 Å². The topological polar surface area (TPSA) is 77.3 Å². The molecule has 2 rings (SSSR count). The summed E-state index contributed by atoms with van der Waals surface area (Å²) in [6.45, 7) is 2.89. The summed E-state index contributed by atoms with van der Waals surface area (Å²) < 4.78 is 5.45. The van der Waals surface area contributed by atoms with Crippen LogP contribution >= 0.6 is 11.3 Å². The van der Waals surface area contributed by atoms with E-state index >= 15 is 0 Å². The Labute approximate surface area is 114 Å². The standard InChI is InChI=1S/C12H13N3O3S/c1-2-13-11-6-5-10(15(16)17)12(14-11)18-8-9-4-3-7-19-9/h3-7H,2,8H2,1H3,(H,13,14). The van der Waals surface area contributed by atoms with Gasteiger partial charge in [0.05, 0.1) is 4.92 Å². The molecule has 0 aliphatic heterocycles. The molecule has 0 bridgehead atoms. The Hall–Kier alpha value is -2.15. The minimum Gasteiger partial charge on any atom is -0.467 e. The van der Waals surface area contributed by atoms with Crippen molar-refractivity contribution in [3.05, 3.63) is 44.6 Å². The van der Waals surface area contributed by atoms with Crippen LogP contribution in [0, 0.1) is 10.1 Å². The lowest BCUT2D eigenvalue weighted by Crippen LogP contribution is -2.04. The van der Waals surface area contributed by atoms with Gasteiger partial charge in [-0.3, -0.25) is 10.1 Å². The van der Waals surface area contributed by atoms with Gasteiger partial charge in [-0.25, -0.2) is 0 Å². The minimum atomic E-state index is -0.494. The summed E-state index contributed by atoms with van der Waals surface area (Å²) in [4.78, 5) is 15.5. The molecule has 19 heavy (non-hydrogen) atoms. The average molecular weight is 279 g/mol. The first-order chi connectivity index (χ1) is 9.20. The summed E-state index contributed by atoms with van der Waals surface area (Å²) >= 11 is 1.53. The molecule has 0 atom stereocenters. The molecule has 0 fully saturated rings. The number of pyridine rings is 1. The third-order valence-electron chi connectivity index (χ3n) is 2.33. The van der Waals surface area contributed by atoms with Crippen LogP contribution in [0.3, 0.4) is 0 Å². The van der Waals surface area contributed by atoms with E-state index in [2.05, 4.69) is 10.3 Å². The van der Waals surface area contributed by atoms with Gasteiger partial charge in [-0.05, 0) is 24.4 Å². The monoisotopic (exact) mass is 279 g/mol. The zero-order valence-electron chi connectivity index (χ0n) is 10.3. The van der Waals surface area contributed by atoms with Gasteiger partial charge in [-0.2, -0.15) is 4.98 Å². The van der Waals surface area contributed by atoms with Crippen molar-refractivity contribution in [2.24, 2.45) is 0 Å². The van der Waals surface area contributed by atoms with Crippen molar-refractivity contribution in [3.8, 4) is 5.88 Å². The second kappa shape index (κ2) is 6.14. The molecule has 0 saturated carbocycles. The first kappa shape index (κ1) is 13.3. The number of aromatic nitrogens is 1. The molecule has 7 heteroatoms. The van der Waals surface area contributed by atoms with Crippen LogP contribution in [0.1, 0.15) is 11.8 Å². The van der Waals surface area contributed by atoms with E-state index in [4.69, 9.17) is 4.74 Å². The first-order valence-electron chi connectivity index (χ1n) is 5.75. The SMILES string of the molecule is CCNc1ccc([N+](=O)[O-])c(OCc2cccs2)n1. The summed E-state index contributed by atoms with van der Waals surface area (Å²) in [5, 5.41) is 15.8. The van der Waals surface area contributed by atoms with Gasteiger partial charge in [0.25, 0.3) is 5.88 Å². The van der Waals surface area contributed by atoms with E-state index in [0.29, 0.717) is 12.4 Å². The Bertz CT molecular complexity index is 557. The van der Waals surface area contributed by atoms with E-state index in [-0.39, 0.29) is 18.2 Å². The van der Waals surface area contributed by atoms with Crippen molar-refractivity contribution in [1.29, 1.82) is 0 Å². The largest absolute Gasteiger partial charge is 0.467 e. The van der Waals surface area contributed by atoms with Gasteiger partial charge >= 0.3 is 5.69 Å². The van der Waals surface area contributed by atoms with E-state index < -0.39 is 4.92 Å². The number of ether oxygens (including phenoxy) is 1. The van der Waals surface area contributed by atoms with Crippen LogP contribution < -0.4 is 10.1 Å². The zero-order valence-corrected chi connectivity index (χ0v) is 11.1. The molecular formula is C12H13N3O3S. The fraction of sp³-hybridized carbons (Fsp3) is 0.250. The molecule has 100 valence electrons. The minimum absolute atomic E-state index is 0.0388. The molecule has 0 aliphatic rings. The Morgan fingerprint density at radius 1 is 1.47 bits per heavy atom.